The van der Waals surface area contributed by atoms with E-state index in [4.69, 9.17) is 0 Å². The second kappa shape index (κ2) is 5.37. The largest absolute Gasteiger partial charge is 0.349 e. The fraction of sp³-hybridized carbons (Fsp3) is 0.700. The molecule has 1 aromatic rings. The Labute approximate surface area is 120 Å². The third-order valence-corrected chi connectivity index (χ3v) is 6.65. The molecule has 0 bridgehead atoms. The van der Waals surface area contributed by atoms with E-state index in [-0.39, 0.29) is 23.2 Å². The molecule has 1 saturated heterocycles. The number of nitrogens with zero attached hydrogens (tertiary/aromatic N) is 2. The molecule has 106 valence electrons. The Balaban J connectivity index is 1.85. The van der Waals surface area contributed by atoms with Crippen molar-refractivity contribution in [2.24, 2.45) is 0 Å². The molecule has 6 nitrogen and oxygen atoms in total. The minimum Gasteiger partial charge on any atom is -0.349 e. The van der Waals surface area contributed by atoms with Crippen molar-refractivity contribution >= 4 is 38.8 Å². The van der Waals surface area contributed by atoms with Crippen molar-refractivity contribution in [3.63, 3.8) is 0 Å². The number of amides is 1. The fourth-order valence-corrected chi connectivity index (χ4v) is 5.65. The van der Waals surface area contributed by atoms with Gasteiger partial charge in [-0.15, -0.1) is 10.2 Å². The molecule has 2 heterocycles. The molecule has 0 spiro atoms. The van der Waals surface area contributed by atoms with Gasteiger partial charge in [-0.05, 0) is 20.3 Å². The molecule has 0 aromatic carbocycles. The highest BCUT2D eigenvalue weighted by Gasteiger charge is 2.39. The topological polar surface area (TPSA) is 89.0 Å². The first-order chi connectivity index (χ1) is 8.78. The summed E-state index contributed by atoms with van der Waals surface area (Å²) >= 11 is 2.75. The lowest BCUT2D eigenvalue weighted by molar-refractivity contribution is -0.120. The van der Waals surface area contributed by atoms with Crippen molar-refractivity contribution in [3.8, 4) is 0 Å². The van der Waals surface area contributed by atoms with Gasteiger partial charge in [0.2, 0.25) is 5.91 Å². The summed E-state index contributed by atoms with van der Waals surface area (Å²) < 4.78 is 23.6. The Kier molecular flexibility index (Phi) is 4.17. The Morgan fingerprint density at radius 3 is 2.79 bits per heavy atom. The van der Waals surface area contributed by atoms with Crippen LogP contribution in [0.5, 0.6) is 0 Å². The number of thioether (sulfide) groups is 1. The third-order valence-electron chi connectivity index (χ3n) is 2.78. The van der Waals surface area contributed by atoms with E-state index in [1.54, 1.807) is 6.92 Å². The second-order valence-electron chi connectivity index (χ2n) is 4.83. The molecule has 1 amide bonds. The molecule has 19 heavy (non-hydrogen) atoms. The van der Waals surface area contributed by atoms with E-state index in [9.17, 15) is 13.2 Å². The first-order valence-corrected chi connectivity index (χ1v) is 9.35. The summed E-state index contributed by atoms with van der Waals surface area (Å²) in [5.41, 5.74) is -0.631. The van der Waals surface area contributed by atoms with Gasteiger partial charge >= 0.3 is 0 Å². The average molecular weight is 321 g/mol. The van der Waals surface area contributed by atoms with Crippen LogP contribution in [0.4, 0.5) is 0 Å². The molecule has 0 saturated carbocycles. The molecule has 1 atom stereocenters. The van der Waals surface area contributed by atoms with Crippen LogP contribution in [-0.4, -0.2) is 47.3 Å². The Morgan fingerprint density at radius 2 is 2.26 bits per heavy atom. The van der Waals surface area contributed by atoms with Crippen LogP contribution in [0.15, 0.2) is 4.34 Å². The fourth-order valence-electron chi connectivity index (χ4n) is 1.95. The van der Waals surface area contributed by atoms with Crippen molar-refractivity contribution in [2.45, 2.75) is 30.1 Å². The van der Waals surface area contributed by atoms with Crippen LogP contribution >= 0.6 is 23.1 Å². The zero-order valence-electron chi connectivity index (χ0n) is 10.7. The molecule has 2 rings (SSSR count). The third kappa shape index (κ3) is 4.15. The molecule has 1 aliphatic heterocycles. The van der Waals surface area contributed by atoms with Crippen molar-refractivity contribution < 1.29 is 13.2 Å². The lowest BCUT2D eigenvalue weighted by Gasteiger charge is -2.23. The van der Waals surface area contributed by atoms with E-state index in [1.165, 1.54) is 23.1 Å². The van der Waals surface area contributed by atoms with Gasteiger partial charge in [0.15, 0.2) is 14.2 Å². The Morgan fingerprint density at radius 1 is 1.53 bits per heavy atom. The summed E-state index contributed by atoms with van der Waals surface area (Å²) in [7, 11) is -3.01. The summed E-state index contributed by atoms with van der Waals surface area (Å²) in [4.78, 5) is 11.8. The van der Waals surface area contributed by atoms with Crippen LogP contribution in [0.3, 0.4) is 0 Å². The lowest BCUT2D eigenvalue weighted by atomic mass is 10.0. The first kappa shape index (κ1) is 14.7. The number of hydrogen-bond acceptors (Lipinski definition) is 7. The van der Waals surface area contributed by atoms with Crippen molar-refractivity contribution in [1.29, 1.82) is 0 Å². The van der Waals surface area contributed by atoms with Crippen LogP contribution in [0.2, 0.25) is 0 Å². The summed E-state index contributed by atoms with van der Waals surface area (Å²) in [6.45, 7) is 3.63. The zero-order chi connectivity index (χ0) is 14.1. The summed E-state index contributed by atoms with van der Waals surface area (Å²) in [6, 6.07) is 0. The number of aromatic nitrogens is 2. The van der Waals surface area contributed by atoms with Gasteiger partial charge in [0.05, 0.1) is 22.8 Å². The molecule has 0 aliphatic carbocycles. The van der Waals surface area contributed by atoms with Gasteiger partial charge in [0.25, 0.3) is 0 Å². The van der Waals surface area contributed by atoms with E-state index in [0.717, 1.165) is 9.35 Å². The van der Waals surface area contributed by atoms with Gasteiger partial charge in [0.1, 0.15) is 5.01 Å². The minimum atomic E-state index is -3.01. The zero-order valence-corrected chi connectivity index (χ0v) is 13.1. The molecular formula is C10H15N3O3S3. The summed E-state index contributed by atoms with van der Waals surface area (Å²) in [5.74, 6) is 0.225. The molecule has 1 N–H and O–H groups in total. The van der Waals surface area contributed by atoms with Gasteiger partial charge in [-0.2, -0.15) is 0 Å². The van der Waals surface area contributed by atoms with E-state index in [2.05, 4.69) is 15.5 Å². The molecule has 1 aliphatic rings. The van der Waals surface area contributed by atoms with Crippen molar-refractivity contribution in [1.82, 2.24) is 15.5 Å². The summed E-state index contributed by atoms with van der Waals surface area (Å²) in [6.07, 6.45) is 0.476. The standard InChI is InChI=1S/C10H15N3O3S3/c1-7-12-13-9(18-7)17-5-8(14)11-10(2)3-4-19(15,16)6-10/h3-6H2,1-2H3,(H,11,14)/t10-/m0/s1. The quantitative estimate of drug-likeness (QED) is 0.818. The Bertz CT molecular complexity index is 584. The van der Waals surface area contributed by atoms with Crippen LogP contribution < -0.4 is 5.32 Å². The highest BCUT2D eigenvalue weighted by Crippen LogP contribution is 2.24. The van der Waals surface area contributed by atoms with Crippen LogP contribution in [0.25, 0.3) is 0 Å². The number of hydrogen-bond donors (Lipinski definition) is 1. The lowest BCUT2D eigenvalue weighted by Crippen LogP contribution is -2.47. The van der Waals surface area contributed by atoms with Gasteiger partial charge < -0.3 is 5.32 Å². The predicted octanol–water partition coefficient (Wildman–Crippen LogP) is 0.632. The molecule has 1 aromatic heterocycles. The SMILES string of the molecule is Cc1nnc(SCC(=O)N[C@@]2(C)CCS(=O)(=O)C2)s1. The molecule has 9 heteroatoms. The molecule has 0 radical (unpaired) electrons. The van der Waals surface area contributed by atoms with Gasteiger partial charge in [-0.3, -0.25) is 4.79 Å². The van der Waals surface area contributed by atoms with Crippen LogP contribution in [0.1, 0.15) is 18.4 Å². The number of aryl methyl sites for hydroxylation is 1. The first-order valence-electron chi connectivity index (χ1n) is 5.72. The predicted molar refractivity (Wildman–Crippen MR) is 75.2 cm³/mol. The maximum atomic E-state index is 11.8. The minimum absolute atomic E-state index is 0.0221. The van der Waals surface area contributed by atoms with Gasteiger partial charge in [-0.1, -0.05) is 23.1 Å². The average Bonchev–Trinajstić information content (AvgIpc) is 2.80. The van der Waals surface area contributed by atoms with E-state index in [0.29, 0.717) is 6.42 Å². The second-order valence-corrected chi connectivity index (χ2v) is 9.41. The van der Waals surface area contributed by atoms with E-state index >= 15 is 0 Å². The molecular weight excluding hydrogens is 306 g/mol. The van der Waals surface area contributed by atoms with Gasteiger partial charge in [0, 0.05) is 0 Å². The van der Waals surface area contributed by atoms with E-state index < -0.39 is 15.4 Å². The van der Waals surface area contributed by atoms with Gasteiger partial charge in [-0.25, -0.2) is 8.42 Å². The van der Waals surface area contributed by atoms with Crippen molar-refractivity contribution in [2.75, 3.05) is 17.3 Å². The number of nitrogens with one attached hydrogen (secondary N) is 1. The highest BCUT2D eigenvalue weighted by molar-refractivity contribution is 8.01. The highest BCUT2D eigenvalue weighted by atomic mass is 32.2. The smallest absolute Gasteiger partial charge is 0.230 e. The maximum Gasteiger partial charge on any atom is 0.230 e. The number of rotatable bonds is 4. The van der Waals surface area contributed by atoms with Crippen LogP contribution in [-0.2, 0) is 14.6 Å². The van der Waals surface area contributed by atoms with Crippen molar-refractivity contribution in [3.05, 3.63) is 5.01 Å². The molecule has 1 fully saturated rings. The normalized spacial score (nSPS) is 25.4. The molecule has 0 unspecified atom stereocenters. The number of carbonyl (C=O) groups excluding carboxylic acids is 1. The summed E-state index contributed by atoms with van der Waals surface area (Å²) in [5, 5.41) is 11.4. The Hall–Kier alpha value is -0.670. The van der Waals surface area contributed by atoms with Crippen LogP contribution in [0, 0.1) is 6.92 Å². The maximum absolute atomic E-state index is 11.8. The number of sulfone groups is 1. The van der Waals surface area contributed by atoms with E-state index in [1.807, 2.05) is 6.92 Å². The number of carbonyl (C=O) groups is 1. The monoisotopic (exact) mass is 321 g/mol.